The van der Waals surface area contributed by atoms with Crippen LogP contribution in [0, 0.1) is 0 Å². The van der Waals surface area contributed by atoms with Gasteiger partial charge in [0, 0.05) is 11.6 Å². The van der Waals surface area contributed by atoms with Crippen LogP contribution in [-0.4, -0.2) is 10.7 Å². The molecule has 188 valence electrons. The van der Waals surface area contributed by atoms with Crippen LogP contribution >= 0.6 is 0 Å². The largest absolute Gasteiger partial charge is 0.373 e. The molecule has 1 aromatic heterocycles. The summed E-state index contributed by atoms with van der Waals surface area (Å²) >= 11 is 0. The van der Waals surface area contributed by atoms with E-state index in [1.54, 1.807) is 0 Å². The zero-order valence-corrected chi connectivity index (χ0v) is 22.6. The van der Waals surface area contributed by atoms with E-state index in [0.29, 0.717) is 17.8 Å². The topological polar surface area (TPSA) is 37.3 Å². The number of aliphatic imine (C=N–C) groups is 1. The van der Waals surface area contributed by atoms with Crippen LogP contribution in [0.25, 0.3) is 0 Å². The average Bonchev–Trinajstić information content (AvgIpc) is 3.65. The highest BCUT2D eigenvalue weighted by molar-refractivity contribution is 5.98. The molecular weight excluding hydrogens is 450 g/mol. The Morgan fingerprint density at radius 1 is 0.784 bits per heavy atom. The standard InChI is InChI=1S/C34H37N3/c1-23(2)26-14-18-29(19-15-26)35-25(5)32-12-9-13-33(36-32)34(22-31(34)28-10-7-6-8-11-28)37-30-20-16-27(17-21-30)24(3)4/h6-21,23-24,31,37H,22H2,1-5H3/t31-,34-/m1/s1. The van der Waals surface area contributed by atoms with Gasteiger partial charge in [0.2, 0.25) is 0 Å². The van der Waals surface area contributed by atoms with Crippen LogP contribution < -0.4 is 5.32 Å². The van der Waals surface area contributed by atoms with E-state index in [1.807, 2.05) is 0 Å². The second kappa shape index (κ2) is 10.3. The second-order valence-electron chi connectivity index (χ2n) is 10.9. The van der Waals surface area contributed by atoms with E-state index in [2.05, 4.69) is 137 Å². The fourth-order valence-corrected chi connectivity index (χ4v) is 5.11. The van der Waals surface area contributed by atoms with Crippen molar-refractivity contribution in [3.8, 4) is 0 Å². The first-order valence-electron chi connectivity index (χ1n) is 13.4. The van der Waals surface area contributed by atoms with Gasteiger partial charge in [-0.15, -0.1) is 0 Å². The molecule has 4 aromatic rings. The molecule has 1 N–H and O–H groups in total. The van der Waals surface area contributed by atoms with Crippen LogP contribution in [0.3, 0.4) is 0 Å². The molecule has 1 heterocycles. The molecule has 3 aromatic carbocycles. The summed E-state index contributed by atoms with van der Waals surface area (Å²) in [7, 11) is 0. The number of aromatic nitrogens is 1. The molecule has 0 amide bonds. The van der Waals surface area contributed by atoms with Crippen molar-refractivity contribution in [1.29, 1.82) is 0 Å². The molecule has 0 saturated heterocycles. The molecule has 0 unspecified atom stereocenters. The molecule has 1 fully saturated rings. The normalized spacial score (nSPS) is 19.3. The fourth-order valence-electron chi connectivity index (χ4n) is 5.11. The van der Waals surface area contributed by atoms with E-state index in [1.165, 1.54) is 16.7 Å². The summed E-state index contributed by atoms with van der Waals surface area (Å²) in [5, 5.41) is 3.89. The van der Waals surface area contributed by atoms with E-state index in [-0.39, 0.29) is 5.54 Å². The maximum atomic E-state index is 5.17. The average molecular weight is 488 g/mol. The zero-order valence-electron chi connectivity index (χ0n) is 22.6. The Kier molecular flexibility index (Phi) is 6.97. The van der Waals surface area contributed by atoms with Crippen molar-refractivity contribution in [3.63, 3.8) is 0 Å². The Balaban J connectivity index is 1.47. The number of anilines is 1. The SMILES string of the molecule is CC(=Nc1ccc(C(C)C)cc1)c1cccc([C@@]2(Nc3ccc(C(C)C)cc3)C[C@@H]2c2ccccc2)n1. The summed E-state index contributed by atoms with van der Waals surface area (Å²) in [4.78, 5) is 10.1. The summed E-state index contributed by atoms with van der Waals surface area (Å²) in [5.41, 5.74) is 8.78. The molecule has 5 rings (SSSR count). The summed E-state index contributed by atoms with van der Waals surface area (Å²) in [6.45, 7) is 10.9. The van der Waals surface area contributed by atoms with Gasteiger partial charge in [0.25, 0.3) is 0 Å². The highest BCUT2D eigenvalue weighted by Gasteiger charge is 2.57. The van der Waals surface area contributed by atoms with Crippen molar-refractivity contribution in [1.82, 2.24) is 4.98 Å². The zero-order chi connectivity index (χ0) is 26.0. The summed E-state index contributed by atoms with van der Waals surface area (Å²) in [6, 6.07) is 34.5. The number of rotatable bonds is 8. The minimum absolute atomic E-state index is 0.240. The molecule has 2 atom stereocenters. The summed E-state index contributed by atoms with van der Waals surface area (Å²) in [6.07, 6.45) is 1.01. The van der Waals surface area contributed by atoms with Crippen LogP contribution in [0.15, 0.2) is 102 Å². The van der Waals surface area contributed by atoms with Gasteiger partial charge in [0.15, 0.2) is 0 Å². The van der Waals surface area contributed by atoms with Gasteiger partial charge in [-0.1, -0.05) is 88.4 Å². The van der Waals surface area contributed by atoms with Gasteiger partial charge in [0.05, 0.1) is 28.3 Å². The first-order chi connectivity index (χ1) is 17.9. The van der Waals surface area contributed by atoms with Crippen LogP contribution in [0.5, 0.6) is 0 Å². The monoisotopic (exact) mass is 487 g/mol. The third kappa shape index (κ3) is 5.36. The van der Waals surface area contributed by atoms with Crippen molar-refractivity contribution in [2.75, 3.05) is 5.32 Å². The Bertz CT molecular complexity index is 1370. The van der Waals surface area contributed by atoms with Crippen molar-refractivity contribution in [3.05, 3.63) is 125 Å². The number of hydrogen-bond acceptors (Lipinski definition) is 3. The third-order valence-corrected chi connectivity index (χ3v) is 7.54. The minimum Gasteiger partial charge on any atom is -0.373 e. The summed E-state index contributed by atoms with van der Waals surface area (Å²) < 4.78 is 0. The Morgan fingerprint density at radius 3 is 2.03 bits per heavy atom. The van der Waals surface area contributed by atoms with Crippen molar-refractivity contribution in [2.24, 2.45) is 4.99 Å². The fraction of sp³-hybridized carbons (Fsp3) is 0.294. The number of hydrogen-bond donors (Lipinski definition) is 1. The number of nitrogens with one attached hydrogen (secondary N) is 1. The summed E-state index contributed by atoms with van der Waals surface area (Å²) in [5.74, 6) is 1.39. The van der Waals surface area contributed by atoms with E-state index in [4.69, 9.17) is 9.98 Å². The number of pyridine rings is 1. The quantitative estimate of drug-likeness (QED) is 0.252. The van der Waals surface area contributed by atoms with E-state index >= 15 is 0 Å². The number of nitrogens with zero attached hydrogens (tertiary/aromatic N) is 2. The maximum Gasteiger partial charge on any atom is 0.0872 e. The van der Waals surface area contributed by atoms with Crippen molar-refractivity contribution >= 4 is 17.1 Å². The molecular formula is C34H37N3. The molecule has 1 saturated carbocycles. The lowest BCUT2D eigenvalue weighted by atomic mass is 10.0. The van der Waals surface area contributed by atoms with Crippen LogP contribution in [-0.2, 0) is 5.54 Å². The molecule has 1 aliphatic carbocycles. The van der Waals surface area contributed by atoms with E-state index < -0.39 is 0 Å². The molecule has 0 aliphatic heterocycles. The Labute approximate surface area is 221 Å². The minimum atomic E-state index is -0.240. The first-order valence-corrected chi connectivity index (χ1v) is 13.4. The van der Waals surface area contributed by atoms with Crippen molar-refractivity contribution < 1.29 is 0 Å². The highest BCUT2D eigenvalue weighted by atomic mass is 15.1. The third-order valence-electron chi connectivity index (χ3n) is 7.54. The molecule has 37 heavy (non-hydrogen) atoms. The predicted molar refractivity (Wildman–Crippen MR) is 156 cm³/mol. The molecule has 0 bridgehead atoms. The maximum absolute atomic E-state index is 5.17. The molecule has 3 nitrogen and oxygen atoms in total. The van der Waals surface area contributed by atoms with E-state index in [0.717, 1.165) is 34.9 Å². The van der Waals surface area contributed by atoms with Gasteiger partial charge in [0.1, 0.15) is 0 Å². The van der Waals surface area contributed by atoms with Crippen LogP contribution in [0.1, 0.15) is 86.9 Å². The molecule has 0 radical (unpaired) electrons. The second-order valence-corrected chi connectivity index (χ2v) is 10.9. The highest BCUT2D eigenvalue weighted by Crippen LogP contribution is 2.59. The molecule has 0 spiro atoms. The van der Waals surface area contributed by atoms with Gasteiger partial charge in [-0.25, -0.2) is 4.98 Å². The van der Waals surface area contributed by atoms with Gasteiger partial charge < -0.3 is 5.32 Å². The smallest absolute Gasteiger partial charge is 0.0872 e. The Morgan fingerprint density at radius 2 is 1.41 bits per heavy atom. The van der Waals surface area contributed by atoms with Gasteiger partial charge in [-0.2, -0.15) is 0 Å². The van der Waals surface area contributed by atoms with E-state index in [9.17, 15) is 0 Å². The number of benzene rings is 3. The van der Waals surface area contributed by atoms with Crippen LogP contribution in [0.4, 0.5) is 11.4 Å². The Hall–Kier alpha value is -3.72. The lowest BCUT2D eigenvalue weighted by Gasteiger charge is -2.22. The van der Waals surface area contributed by atoms with Gasteiger partial charge >= 0.3 is 0 Å². The van der Waals surface area contributed by atoms with Gasteiger partial charge in [-0.05, 0) is 78.3 Å². The predicted octanol–water partition coefficient (Wildman–Crippen LogP) is 8.96. The van der Waals surface area contributed by atoms with Crippen LogP contribution in [0.2, 0.25) is 0 Å². The van der Waals surface area contributed by atoms with Crippen molar-refractivity contribution in [2.45, 2.75) is 64.3 Å². The molecule has 1 aliphatic rings. The first kappa shape index (κ1) is 25.0. The lowest BCUT2D eigenvalue weighted by molar-refractivity contribution is 0.733. The molecule has 3 heteroatoms. The lowest BCUT2D eigenvalue weighted by Crippen LogP contribution is -2.23. The van der Waals surface area contributed by atoms with Gasteiger partial charge in [-0.3, -0.25) is 4.99 Å².